The van der Waals surface area contributed by atoms with Crippen molar-refractivity contribution in [3.05, 3.63) is 71.3 Å². The number of amides is 1. The molecule has 0 fully saturated rings. The number of aromatic nitrogens is 2. The monoisotopic (exact) mass is 368 g/mol. The maximum absolute atomic E-state index is 12.0. The van der Waals surface area contributed by atoms with Crippen molar-refractivity contribution in [3.63, 3.8) is 0 Å². The van der Waals surface area contributed by atoms with Crippen LogP contribution in [0.15, 0.2) is 64.4 Å². The molecule has 2 aromatic carbocycles. The predicted molar refractivity (Wildman–Crippen MR) is 104 cm³/mol. The van der Waals surface area contributed by atoms with E-state index in [1.807, 2.05) is 24.3 Å². The number of carbonyl (C=O) groups is 1. The number of aryl methyl sites for hydroxylation is 1. The molecule has 5 rings (SSSR count). The Balaban J connectivity index is 1.54. The normalized spacial score (nSPS) is 14.5. The van der Waals surface area contributed by atoms with E-state index in [1.165, 1.54) is 4.90 Å². The van der Waals surface area contributed by atoms with Crippen LogP contribution in [-0.2, 0) is 11.2 Å². The molecule has 0 bridgehead atoms. The number of nitrogens with zero attached hydrogens (tertiary/aromatic N) is 4. The van der Waals surface area contributed by atoms with Gasteiger partial charge < -0.3 is 0 Å². The van der Waals surface area contributed by atoms with Crippen LogP contribution in [0.1, 0.15) is 16.8 Å². The predicted octanol–water partition coefficient (Wildman–Crippen LogP) is 3.58. The van der Waals surface area contributed by atoms with Gasteiger partial charge in [0.2, 0.25) is 0 Å². The van der Waals surface area contributed by atoms with Crippen LogP contribution in [0.5, 0.6) is 0 Å². The first-order chi connectivity index (χ1) is 13.3. The van der Waals surface area contributed by atoms with Gasteiger partial charge in [-0.1, -0.05) is 24.3 Å². The fraction of sp³-hybridized carbons (Fsp3) is 0.0952. The average molecular weight is 368 g/mol. The van der Waals surface area contributed by atoms with Crippen LogP contribution < -0.4 is 0 Å². The topological polar surface area (TPSA) is 79.0 Å². The summed E-state index contributed by atoms with van der Waals surface area (Å²) >= 11 is 1.77. The first-order valence-electron chi connectivity index (χ1n) is 8.50. The first-order valence-corrected chi connectivity index (χ1v) is 9.48. The van der Waals surface area contributed by atoms with Gasteiger partial charge in [-0.2, -0.15) is 5.26 Å². The zero-order valence-electron chi connectivity index (χ0n) is 14.1. The third-order valence-corrected chi connectivity index (χ3v) is 5.86. The molecule has 27 heavy (non-hydrogen) atoms. The Morgan fingerprint density at radius 2 is 2.04 bits per heavy atom. The third kappa shape index (κ3) is 2.40. The molecular weight excluding hydrogens is 356 g/mol. The van der Waals surface area contributed by atoms with Crippen molar-refractivity contribution in [1.82, 2.24) is 9.97 Å². The molecule has 0 saturated carbocycles. The van der Waals surface area contributed by atoms with Crippen molar-refractivity contribution in [2.24, 2.45) is 4.99 Å². The van der Waals surface area contributed by atoms with Crippen LogP contribution in [0.3, 0.4) is 0 Å². The molecule has 1 aliphatic carbocycles. The Hall–Kier alpha value is -3.30. The first kappa shape index (κ1) is 15.9. The summed E-state index contributed by atoms with van der Waals surface area (Å²) in [4.78, 5) is 25.7. The number of nitriles is 1. The molecule has 0 spiro atoms. The second kappa shape index (κ2) is 6.15. The van der Waals surface area contributed by atoms with Gasteiger partial charge in [-0.3, -0.25) is 14.8 Å². The van der Waals surface area contributed by atoms with E-state index in [1.54, 1.807) is 30.4 Å². The van der Waals surface area contributed by atoms with Crippen molar-refractivity contribution in [3.8, 4) is 6.07 Å². The summed E-state index contributed by atoms with van der Waals surface area (Å²) in [5.41, 5.74) is 4.31. The zero-order chi connectivity index (χ0) is 18.4. The van der Waals surface area contributed by atoms with Gasteiger partial charge in [0.25, 0.3) is 5.91 Å². The minimum absolute atomic E-state index is 0.144. The van der Waals surface area contributed by atoms with Crippen LogP contribution >= 0.6 is 11.8 Å². The van der Waals surface area contributed by atoms with Crippen molar-refractivity contribution in [2.75, 3.05) is 5.75 Å². The van der Waals surface area contributed by atoms with Crippen molar-refractivity contribution >= 4 is 39.7 Å². The largest absolute Gasteiger partial charge is 0.288 e. The SMILES string of the molecule is N#CC1=C2C(=NC1=O)c1cccc3c(SCCc4cnccn4)ccc2c13. The number of rotatable bonds is 4. The van der Waals surface area contributed by atoms with Gasteiger partial charge in [-0.05, 0) is 17.0 Å². The van der Waals surface area contributed by atoms with Crippen LogP contribution in [0, 0.1) is 11.3 Å². The Bertz CT molecular complexity index is 1220. The molecule has 0 radical (unpaired) electrons. The number of hydrogen-bond donors (Lipinski definition) is 0. The number of fused-ring (bicyclic) bond motifs is 3. The summed E-state index contributed by atoms with van der Waals surface area (Å²) in [6.07, 6.45) is 6.02. The highest BCUT2D eigenvalue weighted by Gasteiger charge is 2.36. The van der Waals surface area contributed by atoms with Gasteiger partial charge in [0.05, 0.1) is 11.4 Å². The summed E-state index contributed by atoms with van der Waals surface area (Å²) in [6, 6.07) is 12.1. The smallest absolute Gasteiger partial charge is 0.266 e. The summed E-state index contributed by atoms with van der Waals surface area (Å²) in [5, 5.41) is 11.6. The third-order valence-electron chi connectivity index (χ3n) is 4.78. The van der Waals surface area contributed by atoms with Gasteiger partial charge in [0.1, 0.15) is 11.6 Å². The molecule has 1 aliphatic heterocycles. The van der Waals surface area contributed by atoms with Gasteiger partial charge in [0, 0.05) is 52.2 Å². The molecule has 0 saturated heterocycles. The second-order valence-electron chi connectivity index (χ2n) is 6.26. The quantitative estimate of drug-likeness (QED) is 0.658. The lowest BCUT2D eigenvalue weighted by Gasteiger charge is -2.08. The van der Waals surface area contributed by atoms with E-state index in [4.69, 9.17) is 0 Å². The Morgan fingerprint density at radius 1 is 1.11 bits per heavy atom. The lowest BCUT2D eigenvalue weighted by atomic mass is 10.0. The molecule has 3 aromatic rings. The molecule has 5 nitrogen and oxygen atoms in total. The van der Waals surface area contributed by atoms with E-state index in [9.17, 15) is 10.1 Å². The molecule has 2 heterocycles. The number of aliphatic imine (C=N–C) groups is 1. The van der Waals surface area contributed by atoms with E-state index in [2.05, 4.69) is 27.1 Å². The summed E-state index contributed by atoms with van der Waals surface area (Å²) in [7, 11) is 0. The Kier molecular flexibility index (Phi) is 3.62. The minimum Gasteiger partial charge on any atom is -0.266 e. The zero-order valence-corrected chi connectivity index (χ0v) is 15.0. The van der Waals surface area contributed by atoms with Gasteiger partial charge in [-0.15, -0.1) is 11.8 Å². The number of allylic oxidation sites excluding steroid dienone is 1. The molecule has 1 amide bonds. The molecular formula is C21H12N4OS. The minimum atomic E-state index is -0.437. The van der Waals surface area contributed by atoms with Crippen LogP contribution in [0.2, 0.25) is 0 Å². The highest BCUT2D eigenvalue weighted by atomic mass is 32.2. The van der Waals surface area contributed by atoms with Gasteiger partial charge in [0.15, 0.2) is 0 Å². The Labute approximate surface area is 159 Å². The maximum atomic E-state index is 12.0. The van der Waals surface area contributed by atoms with E-state index in [-0.39, 0.29) is 5.57 Å². The molecule has 0 unspecified atom stereocenters. The maximum Gasteiger partial charge on any atom is 0.288 e. The average Bonchev–Trinajstić information content (AvgIpc) is 3.19. The van der Waals surface area contributed by atoms with Gasteiger partial charge in [-0.25, -0.2) is 4.99 Å². The van der Waals surface area contributed by atoms with E-state index < -0.39 is 5.91 Å². The summed E-state index contributed by atoms with van der Waals surface area (Å²) < 4.78 is 0. The van der Waals surface area contributed by atoms with Crippen molar-refractivity contribution in [2.45, 2.75) is 11.3 Å². The van der Waals surface area contributed by atoms with E-state index in [0.29, 0.717) is 11.3 Å². The fourth-order valence-electron chi connectivity index (χ4n) is 3.64. The molecule has 1 aromatic heterocycles. The number of hydrogen-bond acceptors (Lipinski definition) is 5. The second-order valence-corrected chi connectivity index (χ2v) is 7.40. The van der Waals surface area contributed by atoms with Gasteiger partial charge >= 0.3 is 0 Å². The molecule has 6 heteroatoms. The van der Waals surface area contributed by atoms with E-state index >= 15 is 0 Å². The molecule has 128 valence electrons. The van der Waals surface area contributed by atoms with Crippen molar-refractivity contribution < 1.29 is 4.79 Å². The van der Waals surface area contributed by atoms with Crippen LogP contribution in [0.4, 0.5) is 0 Å². The highest BCUT2D eigenvalue weighted by Crippen LogP contribution is 2.45. The van der Waals surface area contributed by atoms with E-state index in [0.717, 1.165) is 39.8 Å². The lowest BCUT2D eigenvalue weighted by Crippen LogP contribution is -1.94. The molecule has 2 aliphatic rings. The standard InChI is InChI=1S/C21H12N4OS/c22-10-16-19-14-4-5-17(27-9-6-12-11-23-7-8-24-12)13-2-1-3-15(18(13)14)20(19)25-21(16)26/h1-5,7-8,11H,6,9H2. The summed E-state index contributed by atoms with van der Waals surface area (Å²) in [6.45, 7) is 0. The van der Waals surface area contributed by atoms with Crippen LogP contribution in [-0.4, -0.2) is 27.3 Å². The highest BCUT2D eigenvalue weighted by molar-refractivity contribution is 7.99. The number of thioether (sulfide) groups is 1. The van der Waals surface area contributed by atoms with Crippen molar-refractivity contribution in [1.29, 1.82) is 5.26 Å². The fourth-order valence-corrected chi connectivity index (χ4v) is 4.66. The lowest BCUT2D eigenvalue weighted by molar-refractivity contribution is -0.113. The number of carbonyl (C=O) groups excluding carboxylic acids is 1. The molecule has 0 N–H and O–H groups in total. The summed E-state index contributed by atoms with van der Waals surface area (Å²) in [5.74, 6) is 0.454. The van der Waals surface area contributed by atoms with Crippen LogP contribution in [0.25, 0.3) is 16.3 Å². The Morgan fingerprint density at radius 3 is 2.85 bits per heavy atom. The molecule has 0 atom stereocenters. The number of benzene rings is 2.